The van der Waals surface area contributed by atoms with Gasteiger partial charge >= 0.3 is 0 Å². The van der Waals surface area contributed by atoms with Gasteiger partial charge in [0.1, 0.15) is 0 Å². The van der Waals surface area contributed by atoms with Crippen LogP contribution in [0.3, 0.4) is 0 Å². The second kappa shape index (κ2) is 14.2. The maximum Gasteiger partial charge on any atom is 0.267 e. The molecule has 0 aromatic rings. The molecule has 0 aromatic heterocycles. The molecule has 2 unspecified atom stereocenters. The summed E-state index contributed by atoms with van der Waals surface area (Å²) >= 11 is 0. The van der Waals surface area contributed by atoms with Gasteiger partial charge in [0.25, 0.3) is 10.1 Å². The van der Waals surface area contributed by atoms with E-state index in [1.165, 1.54) is 19.3 Å². The van der Waals surface area contributed by atoms with Crippen molar-refractivity contribution in [1.29, 1.82) is 0 Å². The lowest BCUT2D eigenvalue weighted by molar-refractivity contribution is 0.148. The molecule has 5 heteroatoms. The van der Waals surface area contributed by atoms with Gasteiger partial charge in [-0.05, 0) is 25.7 Å². The summed E-state index contributed by atoms with van der Waals surface area (Å²) in [6.45, 7) is 4.28. The molecular formula is C18H38O4S. The average Bonchev–Trinajstić information content (AvgIpc) is 2.49. The van der Waals surface area contributed by atoms with Crippen molar-refractivity contribution in [2.24, 2.45) is 0 Å². The van der Waals surface area contributed by atoms with E-state index in [2.05, 4.69) is 13.8 Å². The molecule has 140 valence electrons. The van der Waals surface area contributed by atoms with Crippen LogP contribution in [0, 0.1) is 0 Å². The monoisotopic (exact) mass is 350 g/mol. The molecule has 0 fully saturated rings. The molecular weight excluding hydrogens is 312 g/mol. The van der Waals surface area contributed by atoms with Crippen LogP contribution in [0.25, 0.3) is 0 Å². The molecule has 0 heterocycles. The first-order valence-corrected chi connectivity index (χ1v) is 11.1. The highest BCUT2D eigenvalue weighted by atomic mass is 32.2. The third kappa shape index (κ3) is 14.0. The Bertz CT molecular complexity index is 354. The Morgan fingerprint density at radius 1 is 0.696 bits per heavy atom. The molecule has 23 heavy (non-hydrogen) atoms. The number of hydrogen-bond donors (Lipinski definition) is 2. The molecule has 0 radical (unpaired) electrons. The fourth-order valence-electron chi connectivity index (χ4n) is 2.93. The van der Waals surface area contributed by atoms with Crippen LogP contribution in [0.4, 0.5) is 0 Å². The van der Waals surface area contributed by atoms with Crippen molar-refractivity contribution in [3.63, 3.8) is 0 Å². The van der Waals surface area contributed by atoms with Crippen LogP contribution in [0.1, 0.15) is 104 Å². The number of unbranched alkanes of at least 4 members (excludes halogenated alkanes) is 7. The molecule has 0 aliphatic heterocycles. The molecule has 0 spiro atoms. The van der Waals surface area contributed by atoms with E-state index < -0.39 is 15.4 Å². The van der Waals surface area contributed by atoms with E-state index in [0.717, 1.165) is 57.8 Å². The summed E-state index contributed by atoms with van der Waals surface area (Å²) in [5.41, 5.74) is 0. The molecule has 0 aliphatic rings. The molecule has 0 amide bonds. The highest BCUT2D eigenvalue weighted by Gasteiger charge is 2.22. The third-order valence-electron chi connectivity index (χ3n) is 4.51. The zero-order chi connectivity index (χ0) is 17.6. The minimum Gasteiger partial charge on any atom is -0.393 e. The molecule has 0 saturated carbocycles. The number of rotatable bonds is 16. The van der Waals surface area contributed by atoms with Gasteiger partial charge in [-0.15, -0.1) is 0 Å². The summed E-state index contributed by atoms with van der Waals surface area (Å²) in [6, 6.07) is 0. The largest absolute Gasteiger partial charge is 0.393 e. The Hall–Kier alpha value is -0.130. The van der Waals surface area contributed by atoms with Crippen molar-refractivity contribution in [3.05, 3.63) is 0 Å². The van der Waals surface area contributed by atoms with Crippen LogP contribution in [-0.2, 0) is 10.1 Å². The summed E-state index contributed by atoms with van der Waals surface area (Å²) in [5.74, 6) is 0. The summed E-state index contributed by atoms with van der Waals surface area (Å²) < 4.78 is 32.3. The fourth-order valence-corrected chi connectivity index (χ4v) is 3.86. The van der Waals surface area contributed by atoms with Crippen molar-refractivity contribution in [3.8, 4) is 0 Å². The predicted molar refractivity (Wildman–Crippen MR) is 97.3 cm³/mol. The van der Waals surface area contributed by atoms with Crippen LogP contribution in [-0.4, -0.2) is 29.4 Å². The van der Waals surface area contributed by atoms with Crippen molar-refractivity contribution in [2.45, 2.75) is 115 Å². The summed E-state index contributed by atoms with van der Waals surface area (Å²) in [6.07, 6.45) is 12.8. The highest BCUT2D eigenvalue weighted by molar-refractivity contribution is 7.86. The van der Waals surface area contributed by atoms with Gasteiger partial charge in [0.2, 0.25) is 0 Å². The van der Waals surface area contributed by atoms with E-state index in [9.17, 15) is 18.1 Å². The zero-order valence-corrected chi connectivity index (χ0v) is 16.0. The Balaban J connectivity index is 3.89. The molecule has 0 bridgehead atoms. The van der Waals surface area contributed by atoms with Crippen LogP contribution in [0.5, 0.6) is 0 Å². The Labute approximate surface area is 143 Å². The van der Waals surface area contributed by atoms with Gasteiger partial charge in [0.05, 0.1) is 11.4 Å². The lowest BCUT2D eigenvalue weighted by Gasteiger charge is -2.14. The maximum atomic E-state index is 11.5. The van der Waals surface area contributed by atoms with Crippen molar-refractivity contribution in [1.82, 2.24) is 0 Å². The summed E-state index contributed by atoms with van der Waals surface area (Å²) in [7, 11) is -3.94. The second-order valence-electron chi connectivity index (χ2n) is 6.77. The normalized spacial score (nSPS) is 14.8. The van der Waals surface area contributed by atoms with Gasteiger partial charge in [-0.1, -0.05) is 78.1 Å². The minimum atomic E-state index is -3.94. The number of aliphatic hydroxyl groups excluding tert-OH is 1. The first kappa shape index (κ1) is 22.9. The van der Waals surface area contributed by atoms with Gasteiger partial charge in [-0.25, -0.2) is 0 Å². The van der Waals surface area contributed by atoms with Crippen molar-refractivity contribution < 1.29 is 18.1 Å². The summed E-state index contributed by atoms with van der Waals surface area (Å²) in [4.78, 5) is 0. The second-order valence-corrected chi connectivity index (χ2v) is 8.47. The molecule has 0 aliphatic carbocycles. The zero-order valence-electron chi connectivity index (χ0n) is 15.2. The molecule has 2 N–H and O–H groups in total. The quantitative estimate of drug-likeness (QED) is 0.300. The number of hydrogen-bond acceptors (Lipinski definition) is 3. The van der Waals surface area contributed by atoms with Gasteiger partial charge in [0.15, 0.2) is 0 Å². The number of aliphatic hydroxyl groups is 1. The van der Waals surface area contributed by atoms with E-state index in [4.69, 9.17) is 0 Å². The maximum absolute atomic E-state index is 11.5. The lowest BCUT2D eigenvalue weighted by atomic mass is 10.0. The summed E-state index contributed by atoms with van der Waals surface area (Å²) in [5, 5.41) is 9.16. The molecule has 4 nitrogen and oxygen atoms in total. The Morgan fingerprint density at radius 3 is 1.70 bits per heavy atom. The van der Waals surface area contributed by atoms with Gasteiger partial charge in [-0.2, -0.15) is 8.42 Å². The fraction of sp³-hybridized carbons (Fsp3) is 1.00. The minimum absolute atomic E-state index is 0.266. The first-order valence-electron chi connectivity index (χ1n) is 9.56. The molecule has 2 atom stereocenters. The Morgan fingerprint density at radius 2 is 1.13 bits per heavy atom. The van der Waals surface area contributed by atoms with Crippen LogP contribution in [0.15, 0.2) is 0 Å². The smallest absolute Gasteiger partial charge is 0.267 e. The van der Waals surface area contributed by atoms with Gasteiger partial charge in [-0.3, -0.25) is 4.55 Å². The van der Waals surface area contributed by atoms with E-state index in [0.29, 0.717) is 12.8 Å². The van der Waals surface area contributed by atoms with Crippen LogP contribution >= 0.6 is 0 Å². The topological polar surface area (TPSA) is 74.6 Å². The first-order chi connectivity index (χ1) is 10.9. The van der Waals surface area contributed by atoms with E-state index in [1.54, 1.807) is 0 Å². The molecule has 0 rings (SSSR count). The van der Waals surface area contributed by atoms with Crippen LogP contribution < -0.4 is 0 Å². The average molecular weight is 351 g/mol. The van der Waals surface area contributed by atoms with E-state index in [-0.39, 0.29) is 6.10 Å². The highest BCUT2D eigenvalue weighted by Crippen LogP contribution is 2.19. The van der Waals surface area contributed by atoms with Crippen molar-refractivity contribution in [2.75, 3.05) is 0 Å². The van der Waals surface area contributed by atoms with Crippen molar-refractivity contribution >= 4 is 10.1 Å². The van der Waals surface area contributed by atoms with Gasteiger partial charge in [0, 0.05) is 0 Å². The van der Waals surface area contributed by atoms with E-state index >= 15 is 0 Å². The SMILES string of the molecule is CCCCCCCCC(CCCCC(O)CCCC)S(=O)(=O)O. The van der Waals surface area contributed by atoms with E-state index in [1.807, 2.05) is 0 Å². The standard InChI is InChI=1S/C18H38O4S/c1-3-5-7-8-9-10-15-18(23(20,21)22)16-12-11-14-17(19)13-6-4-2/h17-19H,3-16H2,1-2H3,(H,20,21,22). The Kier molecular flexibility index (Phi) is 14.2. The van der Waals surface area contributed by atoms with Gasteiger partial charge < -0.3 is 5.11 Å². The molecule has 0 aromatic carbocycles. The lowest BCUT2D eigenvalue weighted by Crippen LogP contribution is -2.20. The predicted octanol–water partition coefficient (Wildman–Crippen LogP) is 5.10. The molecule has 0 saturated heterocycles. The third-order valence-corrected chi connectivity index (χ3v) is 5.82. The van der Waals surface area contributed by atoms with Crippen LogP contribution in [0.2, 0.25) is 0 Å².